The number of likely N-dealkylation sites (N-methyl/N-ethyl adjacent to an activating group) is 1. The predicted octanol–water partition coefficient (Wildman–Crippen LogP) is 18.6. The minimum Gasteiger partial charge on any atom is -0.756 e. The molecule has 0 saturated heterocycles. The smallest absolute Gasteiger partial charge is 0.268 e. The first-order chi connectivity index (χ1) is 37.4. The van der Waals surface area contributed by atoms with Crippen LogP contribution < -0.4 is 10.2 Å². The van der Waals surface area contributed by atoms with Crippen LogP contribution in [0.5, 0.6) is 0 Å². The van der Waals surface area contributed by atoms with Gasteiger partial charge in [0.25, 0.3) is 7.82 Å². The van der Waals surface area contributed by atoms with Crippen molar-refractivity contribution in [2.45, 2.75) is 308 Å². The number of phosphoric acid groups is 1. The summed E-state index contributed by atoms with van der Waals surface area (Å²) in [6.07, 6.45) is 75.9. The van der Waals surface area contributed by atoms with E-state index in [1.54, 1.807) is 0 Å². The molecule has 0 aromatic heterocycles. The number of allylic oxidation sites excluding steroid dienone is 12. The van der Waals surface area contributed by atoms with Crippen LogP contribution in [0.4, 0.5) is 0 Å². The van der Waals surface area contributed by atoms with Crippen molar-refractivity contribution in [2.24, 2.45) is 0 Å². The Morgan fingerprint density at radius 2 is 0.818 bits per heavy atom. The molecule has 4 unspecified atom stereocenters. The summed E-state index contributed by atoms with van der Waals surface area (Å²) in [6, 6.07) is -1.09. The second-order valence-corrected chi connectivity index (χ2v) is 24.6. The maximum atomic E-state index is 13.0. The molecule has 0 aliphatic heterocycles. The summed E-state index contributed by atoms with van der Waals surface area (Å²) < 4.78 is 23.3. The Bertz CT molecular complexity index is 1500. The maximum absolute atomic E-state index is 13.0. The van der Waals surface area contributed by atoms with E-state index in [0.717, 1.165) is 64.2 Å². The Labute approximate surface area is 477 Å². The van der Waals surface area contributed by atoms with Crippen LogP contribution in [0.3, 0.4) is 0 Å². The zero-order valence-corrected chi connectivity index (χ0v) is 51.9. The third-order valence-electron chi connectivity index (χ3n) is 14.5. The first-order valence-corrected chi connectivity index (χ1v) is 33.8. The number of hydrogen-bond acceptors (Lipinski definition) is 7. The van der Waals surface area contributed by atoms with Crippen molar-refractivity contribution in [2.75, 3.05) is 40.9 Å². The van der Waals surface area contributed by atoms with Gasteiger partial charge in [0.1, 0.15) is 19.3 Å². The molecule has 3 N–H and O–H groups in total. The lowest BCUT2D eigenvalue weighted by atomic mass is 10.0. The average molecular weight is 1100 g/mol. The van der Waals surface area contributed by atoms with Crippen LogP contribution in [0.1, 0.15) is 290 Å². The Hall–Kier alpha value is -2.10. The number of rotatable bonds is 59. The molecule has 4 atom stereocenters. The number of quaternary nitrogens is 1. The molecule has 0 aromatic rings. The number of hydrogen-bond donors (Lipinski definition) is 3. The minimum absolute atomic E-state index is 0.0457. The molecule has 0 aliphatic carbocycles. The Balaban J connectivity index is 3.92. The quantitative estimate of drug-likeness (QED) is 0.0239. The highest BCUT2D eigenvalue weighted by molar-refractivity contribution is 7.45. The first-order valence-electron chi connectivity index (χ1n) is 32.4. The monoisotopic (exact) mass is 1100 g/mol. The number of phosphoric ester groups is 1. The molecule has 0 radical (unpaired) electrons. The molecule has 0 aliphatic rings. The van der Waals surface area contributed by atoms with Gasteiger partial charge >= 0.3 is 0 Å². The molecule has 1 amide bonds. The van der Waals surface area contributed by atoms with Crippen molar-refractivity contribution in [3.63, 3.8) is 0 Å². The van der Waals surface area contributed by atoms with Crippen LogP contribution in [0.25, 0.3) is 0 Å². The van der Waals surface area contributed by atoms with Gasteiger partial charge < -0.3 is 34.0 Å². The lowest BCUT2D eigenvalue weighted by Crippen LogP contribution is -2.51. The number of aliphatic hydroxyl groups is 2. The van der Waals surface area contributed by atoms with Crippen LogP contribution in [0, 0.1) is 0 Å². The number of amides is 1. The van der Waals surface area contributed by atoms with Crippen molar-refractivity contribution in [1.29, 1.82) is 0 Å². The Kier molecular flexibility index (Phi) is 55.6. The van der Waals surface area contributed by atoms with Crippen molar-refractivity contribution in [1.82, 2.24) is 5.32 Å². The number of carbonyl (C=O) groups excluding carboxylic acids is 1. The molecule has 77 heavy (non-hydrogen) atoms. The molecule has 10 heteroatoms. The van der Waals surface area contributed by atoms with Crippen LogP contribution in [0.2, 0.25) is 0 Å². The van der Waals surface area contributed by atoms with Gasteiger partial charge in [-0.2, -0.15) is 0 Å². The lowest BCUT2D eigenvalue weighted by molar-refractivity contribution is -0.870. The number of nitrogens with one attached hydrogen (secondary N) is 1. The van der Waals surface area contributed by atoms with Gasteiger partial charge in [-0.05, 0) is 83.5 Å². The largest absolute Gasteiger partial charge is 0.756 e. The van der Waals surface area contributed by atoms with E-state index in [0.29, 0.717) is 30.3 Å². The van der Waals surface area contributed by atoms with E-state index in [1.165, 1.54) is 186 Å². The van der Waals surface area contributed by atoms with Gasteiger partial charge in [0.05, 0.1) is 39.9 Å². The number of unbranched alkanes of at least 4 members (excludes halogenated alkanes) is 33. The minimum atomic E-state index is -4.68. The molecule has 0 bridgehead atoms. The van der Waals surface area contributed by atoms with E-state index in [4.69, 9.17) is 9.05 Å². The molecular weight excluding hydrogens is 976 g/mol. The highest BCUT2D eigenvalue weighted by atomic mass is 31.2. The standard InChI is InChI=1S/C67H125N2O7P/c1-6-8-10-12-14-16-18-20-21-22-23-24-25-26-27-28-29-30-31-32-33-34-35-36-37-38-39-40-41-42-43-44-45-46-47-48-50-52-54-56-58-60-66(71)68-64(63-76-77(73,74)75-62-61-69(3,4)5)67(72)65(70)59-57-55-53-51-49-19-17-15-13-11-9-7-2/h8,10,14,16,20-21,23-24,26-27,51,53,64-65,67,70,72H,6-7,9,11-13,15,17-19,22,25,28-50,52,54-63H2,1-5H3,(H-,68,71,73,74)/b10-8-,16-14-,21-20-,24-23-,27-26-,53-51+. The van der Waals surface area contributed by atoms with Gasteiger partial charge in [-0.15, -0.1) is 0 Å². The highest BCUT2D eigenvalue weighted by Crippen LogP contribution is 2.38. The molecular formula is C67H125N2O7P. The van der Waals surface area contributed by atoms with Gasteiger partial charge in [-0.25, -0.2) is 0 Å². The van der Waals surface area contributed by atoms with E-state index in [-0.39, 0.29) is 18.9 Å². The Morgan fingerprint density at radius 3 is 1.21 bits per heavy atom. The van der Waals surface area contributed by atoms with E-state index >= 15 is 0 Å². The van der Waals surface area contributed by atoms with Gasteiger partial charge in [0.2, 0.25) is 5.91 Å². The fraction of sp³-hybridized carbons (Fsp3) is 0.806. The summed E-state index contributed by atoms with van der Waals surface area (Å²) in [5, 5.41) is 24.7. The van der Waals surface area contributed by atoms with Crippen molar-refractivity contribution in [3.8, 4) is 0 Å². The van der Waals surface area contributed by atoms with Gasteiger partial charge in [0, 0.05) is 6.42 Å². The Morgan fingerprint density at radius 1 is 0.481 bits per heavy atom. The fourth-order valence-electron chi connectivity index (χ4n) is 9.46. The van der Waals surface area contributed by atoms with E-state index < -0.39 is 32.7 Å². The SMILES string of the molecule is CC/C=C\C/C=C\C/C=C\C/C=C\C/C=C\CCCCCCCCCCCCCCCCCCCCCCCCCCCC(=O)NC(COP(=O)([O-])OCC[N+](C)(C)C)C(O)C(O)CCC/C=C/CCCCCCCCC. The van der Waals surface area contributed by atoms with Crippen LogP contribution in [-0.4, -0.2) is 79.8 Å². The van der Waals surface area contributed by atoms with Crippen LogP contribution >= 0.6 is 7.82 Å². The number of carbonyl (C=O) groups is 1. The van der Waals surface area contributed by atoms with Gasteiger partial charge in [-0.1, -0.05) is 273 Å². The van der Waals surface area contributed by atoms with E-state index in [2.05, 4.69) is 92.1 Å². The molecule has 0 saturated carbocycles. The van der Waals surface area contributed by atoms with Crippen molar-refractivity contribution in [3.05, 3.63) is 72.9 Å². The summed E-state index contributed by atoms with van der Waals surface area (Å²) >= 11 is 0. The van der Waals surface area contributed by atoms with Gasteiger partial charge in [0.15, 0.2) is 0 Å². The average Bonchev–Trinajstić information content (AvgIpc) is 3.39. The lowest BCUT2D eigenvalue weighted by Gasteiger charge is -2.31. The number of nitrogens with zero attached hydrogens (tertiary/aromatic N) is 1. The third-order valence-corrected chi connectivity index (χ3v) is 15.5. The summed E-state index contributed by atoms with van der Waals surface area (Å²) in [5.41, 5.74) is 0. The van der Waals surface area contributed by atoms with Crippen molar-refractivity contribution >= 4 is 13.7 Å². The van der Waals surface area contributed by atoms with E-state index in [1.807, 2.05) is 21.1 Å². The maximum Gasteiger partial charge on any atom is 0.268 e. The second-order valence-electron chi connectivity index (χ2n) is 23.2. The fourth-order valence-corrected chi connectivity index (χ4v) is 10.2. The molecule has 0 heterocycles. The molecule has 0 spiro atoms. The third kappa shape index (κ3) is 58.4. The van der Waals surface area contributed by atoms with Crippen molar-refractivity contribution < 1.29 is 38.0 Å². The summed E-state index contributed by atoms with van der Waals surface area (Å²) in [5.74, 6) is -0.285. The molecule has 9 nitrogen and oxygen atoms in total. The molecule has 0 fully saturated rings. The summed E-state index contributed by atoms with van der Waals surface area (Å²) in [4.78, 5) is 25.6. The second kappa shape index (κ2) is 57.1. The topological polar surface area (TPSA) is 128 Å². The normalized spacial score (nSPS) is 14.6. The first kappa shape index (κ1) is 74.9. The summed E-state index contributed by atoms with van der Waals surface area (Å²) in [7, 11) is 1.11. The number of aliphatic hydroxyl groups excluding tert-OH is 2. The van der Waals surface area contributed by atoms with Gasteiger partial charge in [-0.3, -0.25) is 9.36 Å². The van der Waals surface area contributed by atoms with Crippen LogP contribution in [0.15, 0.2) is 72.9 Å². The molecule has 0 rings (SSSR count). The molecule has 0 aromatic carbocycles. The zero-order chi connectivity index (χ0) is 56.4. The highest BCUT2D eigenvalue weighted by Gasteiger charge is 2.29. The van der Waals surface area contributed by atoms with E-state index in [9.17, 15) is 24.5 Å². The summed E-state index contributed by atoms with van der Waals surface area (Å²) in [6.45, 7) is 4.31. The zero-order valence-electron chi connectivity index (χ0n) is 51.0. The van der Waals surface area contributed by atoms with Crippen LogP contribution in [-0.2, 0) is 18.4 Å². The molecule has 450 valence electrons. The predicted molar refractivity (Wildman–Crippen MR) is 331 cm³/mol.